The lowest BCUT2D eigenvalue weighted by Gasteiger charge is -2.28. The van der Waals surface area contributed by atoms with Crippen LogP contribution in [0.25, 0.3) is 0 Å². The lowest BCUT2D eigenvalue weighted by molar-refractivity contribution is 0.0505. The highest BCUT2D eigenvalue weighted by Crippen LogP contribution is 2.26. The third-order valence-electron chi connectivity index (χ3n) is 4.34. The Kier molecular flexibility index (Phi) is 4.67. The molecule has 0 saturated carbocycles. The van der Waals surface area contributed by atoms with Gasteiger partial charge in [0.1, 0.15) is 0 Å². The van der Waals surface area contributed by atoms with Crippen molar-refractivity contribution < 1.29 is 13.9 Å². The maximum absolute atomic E-state index is 13.9. The van der Waals surface area contributed by atoms with Gasteiger partial charge in [0.25, 0.3) is 5.91 Å². The molecule has 2 heterocycles. The van der Waals surface area contributed by atoms with Gasteiger partial charge < -0.3 is 9.64 Å². The molecule has 0 N–H and O–H groups in total. The average molecular weight is 314 g/mol. The van der Waals surface area contributed by atoms with Crippen molar-refractivity contribution in [1.29, 1.82) is 0 Å². The molecular formula is C18H19FN2O2. The molecule has 1 amide bonds. The van der Waals surface area contributed by atoms with Crippen LogP contribution in [0.2, 0.25) is 0 Å². The highest BCUT2D eigenvalue weighted by Gasteiger charge is 2.38. The molecule has 2 aromatic rings. The Morgan fingerprint density at radius 3 is 2.83 bits per heavy atom. The van der Waals surface area contributed by atoms with Crippen LogP contribution in [0.1, 0.15) is 22.3 Å². The van der Waals surface area contributed by atoms with E-state index in [1.165, 1.54) is 12.3 Å². The lowest BCUT2D eigenvalue weighted by Crippen LogP contribution is -2.42. The maximum Gasteiger partial charge on any atom is 0.257 e. The molecule has 1 saturated heterocycles. The summed E-state index contributed by atoms with van der Waals surface area (Å²) < 4.78 is 19.4. The molecule has 1 aromatic heterocycles. The van der Waals surface area contributed by atoms with Crippen molar-refractivity contribution in [3.05, 3.63) is 65.7 Å². The monoisotopic (exact) mass is 314 g/mol. The zero-order valence-corrected chi connectivity index (χ0v) is 13.0. The summed E-state index contributed by atoms with van der Waals surface area (Å²) >= 11 is 0. The van der Waals surface area contributed by atoms with Crippen LogP contribution in [0.4, 0.5) is 4.39 Å². The van der Waals surface area contributed by atoms with Gasteiger partial charge in [0.05, 0.1) is 23.9 Å². The molecule has 1 fully saturated rings. The number of hydrogen-bond donors (Lipinski definition) is 0. The summed E-state index contributed by atoms with van der Waals surface area (Å²) in [7, 11) is 1.66. The second kappa shape index (κ2) is 6.87. The third-order valence-corrected chi connectivity index (χ3v) is 4.34. The Bertz CT molecular complexity index is 678. The largest absolute Gasteiger partial charge is 0.379 e. The number of rotatable bonds is 4. The van der Waals surface area contributed by atoms with E-state index in [4.69, 9.17) is 4.74 Å². The summed E-state index contributed by atoms with van der Waals surface area (Å²) in [5.74, 6) is -0.887. The molecule has 23 heavy (non-hydrogen) atoms. The van der Waals surface area contributed by atoms with Crippen LogP contribution in [0.15, 0.2) is 48.8 Å². The van der Waals surface area contributed by atoms with E-state index < -0.39 is 5.82 Å². The van der Waals surface area contributed by atoms with Gasteiger partial charge in [-0.3, -0.25) is 9.78 Å². The second-order valence-electron chi connectivity index (χ2n) is 5.67. The van der Waals surface area contributed by atoms with Gasteiger partial charge >= 0.3 is 0 Å². The summed E-state index contributed by atoms with van der Waals surface area (Å²) in [4.78, 5) is 18.2. The number of likely N-dealkylation sites (tertiary alicyclic amines) is 1. The number of halogens is 1. The Hall–Kier alpha value is -2.27. The maximum atomic E-state index is 13.9. The molecule has 2 atom stereocenters. The summed E-state index contributed by atoms with van der Waals surface area (Å²) in [6.07, 6.45) is 3.92. The molecular weight excluding hydrogens is 295 g/mol. The topological polar surface area (TPSA) is 42.4 Å². The van der Waals surface area contributed by atoms with Gasteiger partial charge in [0.2, 0.25) is 0 Å². The average Bonchev–Trinajstić information content (AvgIpc) is 2.98. The standard InChI is InChI=1S/C18H19FN2O2/c1-23-17-8-10-21(16(17)11-13-5-3-2-4-6-13)18(22)14-7-9-20-12-15(14)19/h2-7,9,12,16-17H,8,10-11H2,1H3/t16-,17+/m0/s1. The molecule has 1 aromatic carbocycles. The van der Waals surface area contributed by atoms with Crippen molar-refractivity contribution in [2.45, 2.75) is 25.0 Å². The highest BCUT2D eigenvalue weighted by atomic mass is 19.1. The molecule has 5 heteroatoms. The molecule has 120 valence electrons. The van der Waals surface area contributed by atoms with Gasteiger partial charge in [-0.25, -0.2) is 4.39 Å². The minimum absolute atomic E-state index is 0.0379. The number of nitrogens with zero attached hydrogens (tertiary/aromatic N) is 2. The number of ether oxygens (including phenoxy) is 1. The number of carbonyl (C=O) groups excluding carboxylic acids is 1. The number of benzene rings is 1. The Balaban J connectivity index is 1.85. The van der Waals surface area contributed by atoms with E-state index in [1.807, 2.05) is 30.3 Å². The number of carbonyl (C=O) groups is 1. The molecule has 0 spiro atoms. The van der Waals surface area contributed by atoms with Crippen LogP contribution in [-0.2, 0) is 11.2 Å². The van der Waals surface area contributed by atoms with Crippen LogP contribution < -0.4 is 0 Å². The normalized spacial score (nSPS) is 20.7. The summed E-state index contributed by atoms with van der Waals surface area (Å²) in [5.41, 5.74) is 1.20. The first-order valence-corrected chi connectivity index (χ1v) is 7.68. The van der Waals surface area contributed by atoms with Crippen molar-refractivity contribution in [3.8, 4) is 0 Å². The number of pyridine rings is 1. The Morgan fingerprint density at radius 1 is 1.35 bits per heavy atom. The van der Waals surface area contributed by atoms with Gasteiger partial charge in [-0.05, 0) is 24.5 Å². The van der Waals surface area contributed by atoms with Crippen molar-refractivity contribution in [2.24, 2.45) is 0 Å². The van der Waals surface area contributed by atoms with Crippen LogP contribution >= 0.6 is 0 Å². The van der Waals surface area contributed by atoms with E-state index in [2.05, 4.69) is 4.98 Å². The SMILES string of the molecule is CO[C@@H]1CCN(C(=O)c2ccncc2F)[C@H]1Cc1ccccc1. The molecule has 4 nitrogen and oxygen atoms in total. The van der Waals surface area contributed by atoms with E-state index >= 15 is 0 Å². The van der Waals surface area contributed by atoms with E-state index in [1.54, 1.807) is 12.0 Å². The quantitative estimate of drug-likeness (QED) is 0.871. The van der Waals surface area contributed by atoms with Gasteiger partial charge in [-0.2, -0.15) is 0 Å². The number of amides is 1. The fourth-order valence-electron chi connectivity index (χ4n) is 3.15. The van der Waals surface area contributed by atoms with Gasteiger partial charge in [-0.1, -0.05) is 30.3 Å². The van der Waals surface area contributed by atoms with Crippen LogP contribution in [0.3, 0.4) is 0 Å². The van der Waals surface area contributed by atoms with Crippen LogP contribution in [-0.4, -0.2) is 41.6 Å². The van der Waals surface area contributed by atoms with Gasteiger partial charge in [0.15, 0.2) is 5.82 Å². The van der Waals surface area contributed by atoms with Gasteiger partial charge in [0, 0.05) is 19.9 Å². The Labute approximate surface area is 134 Å². The van der Waals surface area contributed by atoms with Crippen molar-refractivity contribution in [1.82, 2.24) is 9.88 Å². The zero-order chi connectivity index (χ0) is 16.2. The first-order valence-electron chi connectivity index (χ1n) is 7.68. The number of methoxy groups -OCH3 is 1. The van der Waals surface area contributed by atoms with E-state index in [-0.39, 0.29) is 23.6 Å². The minimum Gasteiger partial charge on any atom is -0.379 e. The predicted octanol–water partition coefficient (Wildman–Crippen LogP) is 2.69. The fourth-order valence-corrected chi connectivity index (χ4v) is 3.15. The summed E-state index contributed by atoms with van der Waals surface area (Å²) in [6.45, 7) is 0.566. The smallest absolute Gasteiger partial charge is 0.257 e. The zero-order valence-electron chi connectivity index (χ0n) is 13.0. The van der Waals surface area contributed by atoms with E-state index in [0.717, 1.165) is 18.2 Å². The van der Waals surface area contributed by atoms with Crippen LogP contribution in [0, 0.1) is 5.82 Å². The van der Waals surface area contributed by atoms with Gasteiger partial charge in [-0.15, -0.1) is 0 Å². The Morgan fingerprint density at radius 2 is 2.13 bits per heavy atom. The number of hydrogen-bond acceptors (Lipinski definition) is 3. The van der Waals surface area contributed by atoms with E-state index in [9.17, 15) is 9.18 Å². The molecule has 1 aliphatic rings. The molecule has 0 bridgehead atoms. The highest BCUT2D eigenvalue weighted by molar-refractivity contribution is 5.94. The summed E-state index contributed by atoms with van der Waals surface area (Å²) in [5, 5.41) is 0. The molecule has 0 unspecified atom stereocenters. The second-order valence-corrected chi connectivity index (χ2v) is 5.67. The number of aromatic nitrogens is 1. The van der Waals surface area contributed by atoms with Crippen molar-refractivity contribution >= 4 is 5.91 Å². The fraction of sp³-hybridized carbons (Fsp3) is 0.333. The first kappa shape index (κ1) is 15.6. The third kappa shape index (κ3) is 3.24. The first-order chi connectivity index (χ1) is 11.2. The van der Waals surface area contributed by atoms with Crippen molar-refractivity contribution in [3.63, 3.8) is 0 Å². The molecule has 1 aliphatic heterocycles. The van der Waals surface area contributed by atoms with Crippen LogP contribution in [0.5, 0.6) is 0 Å². The lowest BCUT2D eigenvalue weighted by atomic mass is 10.0. The molecule has 0 radical (unpaired) electrons. The molecule has 0 aliphatic carbocycles. The molecule has 3 rings (SSSR count). The van der Waals surface area contributed by atoms with E-state index in [0.29, 0.717) is 13.0 Å². The minimum atomic E-state index is -0.586. The predicted molar refractivity (Wildman–Crippen MR) is 84.6 cm³/mol. The summed E-state index contributed by atoms with van der Waals surface area (Å²) in [6, 6.07) is 11.3. The van der Waals surface area contributed by atoms with Crippen molar-refractivity contribution in [2.75, 3.05) is 13.7 Å².